The number of rotatable bonds is 7. The molecule has 1 aliphatic heterocycles. The molecular weight excluding hydrogens is 480 g/mol. The summed E-state index contributed by atoms with van der Waals surface area (Å²) in [4.78, 5) is 12.6. The molecule has 2 aromatic carbocycles. The molecule has 0 saturated carbocycles. The van der Waals surface area contributed by atoms with E-state index in [9.17, 15) is 13.2 Å². The SMILES string of the molecule is CC(C)c1cc(Br)ccc1OCC(=O)Nc1ccc(S(=O)(=O)N2CCCCCC2)cc1. The summed E-state index contributed by atoms with van der Waals surface area (Å²) >= 11 is 3.46. The molecule has 0 bridgehead atoms. The lowest BCUT2D eigenvalue weighted by atomic mass is 10.0. The van der Waals surface area contributed by atoms with Crippen LogP contribution in [0.25, 0.3) is 0 Å². The van der Waals surface area contributed by atoms with Crippen LogP contribution in [-0.2, 0) is 14.8 Å². The molecule has 0 aliphatic carbocycles. The Balaban J connectivity index is 1.60. The minimum Gasteiger partial charge on any atom is -0.483 e. The van der Waals surface area contributed by atoms with Gasteiger partial charge in [0.15, 0.2) is 6.61 Å². The molecule has 0 radical (unpaired) electrons. The summed E-state index contributed by atoms with van der Waals surface area (Å²) in [6, 6.07) is 12.0. The fourth-order valence-electron chi connectivity index (χ4n) is 3.58. The summed E-state index contributed by atoms with van der Waals surface area (Å²) in [5, 5.41) is 2.76. The number of nitrogens with one attached hydrogen (secondary N) is 1. The Kier molecular flexibility index (Phi) is 8.13. The second-order valence-electron chi connectivity index (χ2n) is 8.02. The second-order valence-corrected chi connectivity index (χ2v) is 10.9. The zero-order chi connectivity index (χ0) is 22.4. The fraction of sp³-hybridized carbons (Fsp3) is 0.435. The second kappa shape index (κ2) is 10.6. The minimum atomic E-state index is -3.50. The van der Waals surface area contributed by atoms with E-state index in [0.717, 1.165) is 35.7 Å². The van der Waals surface area contributed by atoms with Crippen LogP contribution in [0.2, 0.25) is 0 Å². The molecule has 3 rings (SSSR count). The van der Waals surface area contributed by atoms with Gasteiger partial charge >= 0.3 is 0 Å². The number of nitrogens with zero attached hydrogens (tertiary/aromatic N) is 1. The lowest BCUT2D eigenvalue weighted by molar-refractivity contribution is -0.118. The van der Waals surface area contributed by atoms with Crippen molar-refractivity contribution < 1.29 is 17.9 Å². The van der Waals surface area contributed by atoms with Crippen molar-refractivity contribution in [3.63, 3.8) is 0 Å². The molecule has 8 heteroatoms. The largest absolute Gasteiger partial charge is 0.483 e. The number of anilines is 1. The van der Waals surface area contributed by atoms with Crippen molar-refractivity contribution in [2.75, 3.05) is 25.0 Å². The molecule has 0 aromatic heterocycles. The maximum Gasteiger partial charge on any atom is 0.262 e. The number of hydrogen-bond acceptors (Lipinski definition) is 4. The summed E-state index contributed by atoms with van der Waals surface area (Å²) in [6.45, 7) is 5.13. The van der Waals surface area contributed by atoms with E-state index in [1.807, 2.05) is 18.2 Å². The number of carbonyl (C=O) groups is 1. The van der Waals surface area contributed by atoms with Crippen LogP contribution in [0.3, 0.4) is 0 Å². The quantitative estimate of drug-likeness (QED) is 0.560. The van der Waals surface area contributed by atoms with Gasteiger partial charge in [-0.3, -0.25) is 4.79 Å². The van der Waals surface area contributed by atoms with E-state index < -0.39 is 10.0 Å². The third kappa shape index (κ3) is 6.30. The van der Waals surface area contributed by atoms with Gasteiger partial charge in [-0.05, 0) is 66.8 Å². The van der Waals surface area contributed by atoms with Crippen molar-refractivity contribution in [2.45, 2.75) is 50.3 Å². The van der Waals surface area contributed by atoms with Crippen LogP contribution in [0.1, 0.15) is 51.0 Å². The average molecular weight is 509 g/mol. The average Bonchev–Trinajstić information content (AvgIpc) is 3.03. The van der Waals surface area contributed by atoms with Crippen molar-refractivity contribution >= 4 is 37.5 Å². The number of amides is 1. The summed E-state index contributed by atoms with van der Waals surface area (Å²) in [7, 11) is -3.50. The van der Waals surface area contributed by atoms with Crippen molar-refractivity contribution in [3.05, 3.63) is 52.5 Å². The maximum absolute atomic E-state index is 12.9. The number of carbonyl (C=O) groups excluding carboxylic acids is 1. The summed E-state index contributed by atoms with van der Waals surface area (Å²) in [5.41, 5.74) is 1.55. The number of sulfonamides is 1. The molecule has 0 unspecified atom stereocenters. The predicted molar refractivity (Wildman–Crippen MR) is 126 cm³/mol. The van der Waals surface area contributed by atoms with E-state index in [0.29, 0.717) is 24.5 Å². The van der Waals surface area contributed by atoms with E-state index in [2.05, 4.69) is 35.1 Å². The van der Waals surface area contributed by atoms with Gasteiger partial charge in [-0.1, -0.05) is 42.6 Å². The number of ether oxygens (including phenoxy) is 1. The van der Waals surface area contributed by atoms with Crippen molar-refractivity contribution in [3.8, 4) is 5.75 Å². The third-order valence-corrected chi connectivity index (χ3v) is 7.70. The van der Waals surface area contributed by atoms with Crippen molar-refractivity contribution in [1.82, 2.24) is 4.31 Å². The molecule has 1 saturated heterocycles. The zero-order valence-corrected chi connectivity index (χ0v) is 20.3. The minimum absolute atomic E-state index is 0.130. The highest BCUT2D eigenvalue weighted by atomic mass is 79.9. The first kappa shape index (κ1) is 23.8. The summed E-state index contributed by atoms with van der Waals surface area (Å²) in [6.07, 6.45) is 3.92. The molecule has 0 spiro atoms. The van der Waals surface area contributed by atoms with Crippen LogP contribution >= 0.6 is 15.9 Å². The van der Waals surface area contributed by atoms with E-state index in [1.165, 1.54) is 0 Å². The lowest BCUT2D eigenvalue weighted by Gasteiger charge is -2.20. The van der Waals surface area contributed by atoms with Gasteiger partial charge in [0, 0.05) is 23.2 Å². The van der Waals surface area contributed by atoms with Gasteiger partial charge in [-0.15, -0.1) is 0 Å². The monoisotopic (exact) mass is 508 g/mol. The first-order valence-electron chi connectivity index (χ1n) is 10.6. The summed E-state index contributed by atoms with van der Waals surface area (Å²) < 4.78 is 34.0. The Morgan fingerprint density at radius 3 is 2.32 bits per heavy atom. The number of hydrogen-bond donors (Lipinski definition) is 1. The number of halogens is 1. The van der Waals surface area contributed by atoms with Crippen LogP contribution in [-0.4, -0.2) is 38.3 Å². The van der Waals surface area contributed by atoms with Crippen LogP contribution < -0.4 is 10.1 Å². The predicted octanol–water partition coefficient (Wildman–Crippen LogP) is 5.15. The van der Waals surface area contributed by atoms with Gasteiger partial charge in [0.1, 0.15) is 5.75 Å². The Hall–Kier alpha value is -1.90. The highest BCUT2D eigenvalue weighted by Crippen LogP contribution is 2.29. The smallest absolute Gasteiger partial charge is 0.262 e. The Morgan fingerprint density at radius 1 is 1.06 bits per heavy atom. The molecule has 6 nitrogen and oxygen atoms in total. The van der Waals surface area contributed by atoms with Gasteiger partial charge in [-0.2, -0.15) is 4.31 Å². The number of benzene rings is 2. The van der Waals surface area contributed by atoms with Crippen LogP contribution in [0, 0.1) is 0 Å². The van der Waals surface area contributed by atoms with E-state index in [4.69, 9.17) is 4.74 Å². The summed E-state index contributed by atoms with van der Waals surface area (Å²) in [5.74, 6) is 0.627. The molecule has 0 atom stereocenters. The zero-order valence-electron chi connectivity index (χ0n) is 17.9. The van der Waals surface area contributed by atoms with Gasteiger partial charge in [-0.25, -0.2) is 8.42 Å². The normalized spacial score (nSPS) is 15.5. The van der Waals surface area contributed by atoms with Gasteiger partial charge in [0.25, 0.3) is 5.91 Å². The molecular formula is C23H29BrN2O4S. The lowest BCUT2D eigenvalue weighted by Crippen LogP contribution is -2.31. The molecule has 1 amide bonds. The molecule has 1 heterocycles. The Labute approximate surface area is 193 Å². The van der Waals surface area contributed by atoms with Crippen LogP contribution in [0.5, 0.6) is 5.75 Å². The van der Waals surface area contributed by atoms with Crippen LogP contribution in [0.15, 0.2) is 51.8 Å². The first-order chi connectivity index (χ1) is 14.8. The fourth-order valence-corrected chi connectivity index (χ4v) is 5.48. The Morgan fingerprint density at radius 2 is 1.71 bits per heavy atom. The highest BCUT2D eigenvalue weighted by Gasteiger charge is 2.25. The highest BCUT2D eigenvalue weighted by molar-refractivity contribution is 9.10. The third-order valence-electron chi connectivity index (χ3n) is 5.29. The van der Waals surface area contributed by atoms with E-state index >= 15 is 0 Å². The topological polar surface area (TPSA) is 75.7 Å². The van der Waals surface area contributed by atoms with Crippen LogP contribution in [0.4, 0.5) is 5.69 Å². The molecule has 1 aliphatic rings. The van der Waals surface area contributed by atoms with E-state index in [1.54, 1.807) is 28.6 Å². The van der Waals surface area contributed by atoms with Crippen molar-refractivity contribution in [1.29, 1.82) is 0 Å². The maximum atomic E-state index is 12.9. The molecule has 168 valence electrons. The van der Waals surface area contributed by atoms with Gasteiger partial charge in [0.05, 0.1) is 4.90 Å². The van der Waals surface area contributed by atoms with Gasteiger partial charge in [0.2, 0.25) is 10.0 Å². The molecule has 2 aromatic rings. The van der Waals surface area contributed by atoms with Crippen molar-refractivity contribution in [2.24, 2.45) is 0 Å². The molecule has 1 fully saturated rings. The molecule has 1 N–H and O–H groups in total. The van der Waals surface area contributed by atoms with E-state index in [-0.39, 0.29) is 23.3 Å². The molecule has 31 heavy (non-hydrogen) atoms. The first-order valence-corrected chi connectivity index (χ1v) is 12.8. The van der Waals surface area contributed by atoms with Gasteiger partial charge < -0.3 is 10.1 Å². The Bertz CT molecular complexity index is 999. The standard InChI is InChI=1S/C23H29BrN2O4S/c1-17(2)21-15-18(24)7-12-22(21)30-16-23(27)25-19-8-10-20(11-9-19)31(28,29)26-13-5-3-4-6-14-26/h7-12,15,17H,3-6,13-14,16H2,1-2H3,(H,25,27).